The van der Waals surface area contributed by atoms with Gasteiger partial charge >= 0.3 is 5.69 Å². The molecule has 2 aromatic rings. The molecule has 138 valence electrons. The Labute approximate surface area is 149 Å². The van der Waals surface area contributed by atoms with Crippen LogP contribution in [0.2, 0.25) is 0 Å². The van der Waals surface area contributed by atoms with E-state index in [1.807, 2.05) is 0 Å². The topological polar surface area (TPSA) is 97.3 Å². The molecule has 0 atom stereocenters. The van der Waals surface area contributed by atoms with E-state index < -0.39 is 11.2 Å². The zero-order valence-electron chi connectivity index (χ0n) is 15.0. The highest BCUT2D eigenvalue weighted by molar-refractivity contribution is 6.05. The van der Waals surface area contributed by atoms with Crippen LogP contribution in [0.15, 0.2) is 15.7 Å². The Morgan fingerprint density at radius 1 is 1.27 bits per heavy atom. The van der Waals surface area contributed by atoms with Crippen LogP contribution < -0.4 is 11.2 Å². The van der Waals surface area contributed by atoms with Gasteiger partial charge in [0.1, 0.15) is 5.65 Å². The van der Waals surface area contributed by atoms with Gasteiger partial charge in [-0.15, -0.1) is 0 Å². The summed E-state index contributed by atoms with van der Waals surface area (Å²) in [6.07, 6.45) is 3.75. The Hall–Kier alpha value is -2.48. The summed E-state index contributed by atoms with van der Waals surface area (Å²) in [5, 5.41) is 0.167. The predicted octanol–water partition coefficient (Wildman–Crippen LogP) is 0.715. The SMILES string of the molecule is Cc1cc(C(=O)N2CCC3(CCCO3)CC2)c2c(=O)[nH]c(=O)n(C)c2n1. The first-order valence-corrected chi connectivity index (χ1v) is 8.94. The molecule has 26 heavy (non-hydrogen) atoms. The predicted molar refractivity (Wildman–Crippen MR) is 95.4 cm³/mol. The van der Waals surface area contributed by atoms with E-state index in [1.54, 1.807) is 17.9 Å². The van der Waals surface area contributed by atoms with Crippen LogP contribution in [0.4, 0.5) is 0 Å². The lowest BCUT2D eigenvalue weighted by Crippen LogP contribution is -2.46. The summed E-state index contributed by atoms with van der Waals surface area (Å²) in [4.78, 5) is 45.7. The average Bonchev–Trinajstić information content (AvgIpc) is 3.07. The van der Waals surface area contributed by atoms with E-state index in [2.05, 4.69) is 9.97 Å². The fourth-order valence-electron chi connectivity index (χ4n) is 4.07. The number of carbonyl (C=O) groups is 1. The van der Waals surface area contributed by atoms with E-state index >= 15 is 0 Å². The molecule has 0 bridgehead atoms. The van der Waals surface area contributed by atoms with Crippen molar-refractivity contribution in [1.29, 1.82) is 0 Å². The standard InChI is InChI=1S/C18H22N4O4/c1-11-10-12(13-14(19-11)21(2)17(25)20-15(13)23)16(24)22-7-5-18(6-8-22)4-3-9-26-18/h10H,3-9H2,1-2H3,(H,20,23,25). The third-order valence-corrected chi connectivity index (χ3v) is 5.58. The summed E-state index contributed by atoms with van der Waals surface area (Å²) in [6, 6.07) is 1.63. The Morgan fingerprint density at radius 2 is 2.00 bits per heavy atom. The minimum absolute atomic E-state index is 0.0750. The van der Waals surface area contributed by atoms with E-state index in [0.29, 0.717) is 24.3 Å². The number of aromatic amines is 1. The molecule has 1 N–H and O–H groups in total. The number of nitrogens with one attached hydrogen (secondary N) is 1. The monoisotopic (exact) mass is 358 g/mol. The van der Waals surface area contributed by atoms with Gasteiger partial charge in [0.05, 0.1) is 16.6 Å². The van der Waals surface area contributed by atoms with Gasteiger partial charge in [-0.3, -0.25) is 19.1 Å². The number of piperidine rings is 1. The number of carbonyl (C=O) groups excluding carboxylic acids is 1. The number of H-pyrrole nitrogens is 1. The second-order valence-electron chi connectivity index (χ2n) is 7.26. The highest BCUT2D eigenvalue weighted by atomic mass is 16.5. The summed E-state index contributed by atoms with van der Waals surface area (Å²) >= 11 is 0. The van der Waals surface area contributed by atoms with E-state index in [9.17, 15) is 14.4 Å². The van der Waals surface area contributed by atoms with Crippen molar-refractivity contribution >= 4 is 16.9 Å². The Morgan fingerprint density at radius 3 is 2.65 bits per heavy atom. The highest BCUT2D eigenvalue weighted by Crippen LogP contribution is 2.36. The third-order valence-electron chi connectivity index (χ3n) is 5.58. The van der Waals surface area contributed by atoms with Crippen molar-refractivity contribution < 1.29 is 9.53 Å². The third kappa shape index (κ3) is 2.65. The second-order valence-corrected chi connectivity index (χ2v) is 7.26. The van der Waals surface area contributed by atoms with Gasteiger partial charge in [-0.1, -0.05) is 0 Å². The van der Waals surface area contributed by atoms with Crippen molar-refractivity contribution in [3.05, 3.63) is 38.2 Å². The first-order valence-electron chi connectivity index (χ1n) is 8.94. The summed E-state index contributed by atoms with van der Waals surface area (Å²) in [6.45, 7) is 3.75. The van der Waals surface area contributed by atoms with Gasteiger partial charge in [-0.2, -0.15) is 0 Å². The number of aryl methyl sites for hydroxylation is 2. The molecule has 2 aliphatic heterocycles. The average molecular weight is 358 g/mol. The number of fused-ring (bicyclic) bond motifs is 1. The van der Waals surface area contributed by atoms with Crippen LogP contribution in [0.1, 0.15) is 41.7 Å². The molecule has 0 saturated carbocycles. The fraction of sp³-hybridized carbons (Fsp3) is 0.556. The minimum Gasteiger partial charge on any atom is -0.375 e. The zero-order chi connectivity index (χ0) is 18.5. The van der Waals surface area contributed by atoms with E-state index in [0.717, 1.165) is 32.3 Å². The van der Waals surface area contributed by atoms with E-state index in [1.165, 1.54) is 11.6 Å². The second kappa shape index (κ2) is 6.05. The van der Waals surface area contributed by atoms with Crippen LogP contribution in [-0.4, -0.2) is 50.6 Å². The van der Waals surface area contributed by atoms with Crippen molar-refractivity contribution in [3.63, 3.8) is 0 Å². The van der Waals surface area contributed by atoms with Crippen molar-refractivity contribution in [2.24, 2.45) is 7.05 Å². The maximum atomic E-state index is 13.1. The van der Waals surface area contributed by atoms with E-state index in [-0.39, 0.29) is 22.5 Å². The quantitative estimate of drug-likeness (QED) is 0.810. The van der Waals surface area contributed by atoms with Crippen molar-refractivity contribution in [3.8, 4) is 0 Å². The molecule has 1 amide bonds. The zero-order valence-corrected chi connectivity index (χ0v) is 15.0. The van der Waals surface area contributed by atoms with Crippen molar-refractivity contribution in [2.45, 2.75) is 38.2 Å². The number of pyridine rings is 1. The summed E-state index contributed by atoms with van der Waals surface area (Å²) in [7, 11) is 1.53. The molecule has 8 heteroatoms. The van der Waals surface area contributed by atoms with Gasteiger partial charge in [0, 0.05) is 32.4 Å². The smallest absolute Gasteiger partial charge is 0.329 e. The molecule has 0 unspecified atom stereocenters. The number of aromatic nitrogens is 3. The number of nitrogens with zero attached hydrogens (tertiary/aromatic N) is 3. The Bertz CT molecular complexity index is 991. The maximum Gasteiger partial charge on any atom is 0.329 e. The summed E-state index contributed by atoms with van der Waals surface area (Å²) in [5.74, 6) is -0.197. The van der Waals surface area contributed by atoms with Gasteiger partial charge in [0.2, 0.25) is 0 Å². The molecular weight excluding hydrogens is 336 g/mol. The van der Waals surface area contributed by atoms with Crippen LogP contribution in [0.3, 0.4) is 0 Å². The molecule has 2 saturated heterocycles. The number of ether oxygens (including phenoxy) is 1. The molecule has 8 nitrogen and oxygen atoms in total. The molecule has 4 heterocycles. The highest BCUT2D eigenvalue weighted by Gasteiger charge is 2.39. The fourth-order valence-corrected chi connectivity index (χ4v) is 4.07. The van der Waals surface area contributed by atoms with Gasteiger partial charge in [-0.25, -0.2) is 9.78 Å². The van der Waals surface area contributed by atoms with Crippen LogP contribution in [-0.2, 0) is 11.8 Å². The number of amides is 1. The number of likely N-dealkylation sites (tertiary alicyclic amines) is 1. The largest absolute Gasteiger partial charge is 0.375 e. The van der Waals surface area contributed by atoms with Gasteiger partial charge in [0.15, 0.2) is 0 Å². The molecule has 0 aromatic carbocycles. The number of hydrogen-bond donors (Lipinski definition) is 1. The first-order chi connectivity index (χ1) is 12.4. The van der Waals surface area contributed by atoms with Gasteiger partial charge < -0.3 is 9.64 Å². The number of hydrogen-bond acceptors (Lipinski definition) is 5. The van der Waals surface area contributed by atoms with Gasteiger partial charge in [-0.05, 0) is 38.7 Å². The molecule has 0 aliphatic carbocycles. The van der Waals surface area contributed by atoms with Crippen LogP contribution >= 0.6 is 0 Å². The normalized spacial score (nSPS) is 19.4. The molecule has 4 rings (SSSR count). The lowest BCUT2D eigenvalue weighted by Gasteiger charge is -2.38. The summed E-state index contributed by atoms with van der Waals surface area (Å²) in [5.41, 5.74) is -0.0748. The maximum absolute atomic E-state index is 13.1. The molecule has 1 spiro atoms. The van der Waals surface area contributed by atoms with E-state index in [4.69, 9.17) is 4.74 Å². The number of rotatable bonds is 1. The lowest BCUT2D eigenvalue weighted by atomic mass is 9.88. The van der Waals surface area contributed by atoms with Gasteiger partial charge in [0.25, 0.3) is 11.5 Å². The molecular formula is C18H22N4O4. The molecule has 2 aliphatic rings. The summed E-state index contributed by atoms with van der Waals surface area (Å²) < 4.78 is 7.17. The van der Waals surface area contributed by atoms with Crippen LogP contribution in [0.5, 0.6) is 0 Å². The Balaban J connectivity index is 1.73. The first kappa shape index (κ1) is 17.0. The van der Waals surface area contributed by atoms with Crippen molar-refractivity contribution in [1.82, 2.24) is 19.4 Å². The van der Waals surface area contributed by atoms with Crippen LogP contribution in [0, 0.1) is 6.92 Å². The van der Waals surface area contributed by atoms with Crippen molar-refractivity contribution in [2.75, 3.05) is 19.7 Å². The molecule has 0 radical (unpaired) electrons. The molecule has 2 fully saturated rings. The minimum atomic E-state index is -0.577. The van der Waals surface area contributed by atoms with Crippen LogP contribution in [0.25, 0.3) is 11.0 Å². The lowest BCUT2D eigenvalue weighted by molar-refractivity contribution is -0.0387. The Kier molecular flexibility index (Phi) is 3.95. The molecule has 2 aromatic heterocycles.